The lowest BCUT2D eigenvalue weighted by Gasteiger charge is -2.25. The van der Waals surface area contributed by atoms with E-state index in [4.69, 9.17) is 9.47 Å². The lowest BCUT2D eigenvalue weighted by molar-refractivity contribution is -0.141. The molecular weight excluding hydrogens is 512 g/mol. The average molecular weight is 565 g/mol. The van der Waals surface area contributed by atoms with Crippen LogP contribution < -0.4 is 21.3 Å². The predicted molar refractivity (Wildman–Crippen MR) is 155 cm³/mol. The molecular formula is C30H52N4O6. The lowest BCUT2D eigenvalue weighted by Crippen LogP contribution is -2.48. The van der Waals surface area contributed by atoms with Gasteiger partial charge in [0.1, 0.15) is 13.2 Å². The summed E-state index contributed by atoms with van der Waals surface area (Å²) in [6.45, 7) is 9.01. The molecule has 4 N–H and O–H groups in total. The molecule has 0 heterocycles. The third kappa shape index (κ3) is 14.0. The summed E-state index contributed by atoms with van der Waals surface area (Å²) in [5.41, 5.74) is 0. The van der Waals surface area contributed by atoms with Crippen LogP contribution in [0.3, 0.4) is 0 Å². The summed E-state index contributed by atoms with van der Waals surface area (Å²) in [7, 11) is 0. The van der Waals surface area contributed by atoms with Crippen molar-refractivity contribution in [1.29, 1.82) is 0 Å². The van der Waals surface area contributed by atoms with Crippen molar-refractivity contribution in [3.63, 3.8) is 0 Å². The highest BCUT2D eigenvalue weighted by molar-refractivity contribution is 5.91. The summed E-state index contributed by atoms with van der Waals surface area (Å²) in [4.78, 5) is 49.0. The molecule has 0 bridgehead atoms. The fourth-order valence-electron chi connectivity index (χ4n) is 5.07. The molecule has 0 saturated heterocycles. The standard InChI is InChI=1S/C30H52N4O6/c1-21(2)25(33-29(37)31-17-23-11-7-5-8-12-23)19-39-27(35)15-16-28(36)40-20-26(22(3)4)34-30(38)32-18-24-13-9-6-10-14-24/h15-16,21-26H,5-14,17-20H2,1-4H3,(H2,31,33,37)(H2,32,34,38)/b16-15+/t25-,26-/m1/s1. The second-order valence-corrected chi connectivity index (χ2v) is 12.0. The Morgan fingerprint density at radius 2 is 0.975 bits per heavy atom. The fraction of sp³-hybridized carbons (Fsp3) is 0.800. The van der Waals surface area contributed by atoms with E-state index in [0.29, 0.717) is 24.9 Å². The van der Waals surface area contributed by atoms with Crippen LogP contribution in [-0.4, -0.2) is 62.4 Å². The van der Waals surface area contributed by atoms with Crippen molar-refractivity contribution in [3.05, 3.63) is 12.2 Å². The van der Waals surface area contributed by atoms with Gasteiger partial charge in [-0.05, 0) is 49.4 Å². The number of hydrogen-bond acceptors (Lipinski definition) is 6. The zero-order valence-electron chi connectivity index (χ0n) is 25.0. The summed E-state index contributed by atoms with van der Waals surface area (Å²) < 4.78 is 10.5. The van der Waals surface area contributed by atoms with Crippen molar-refractivity contribution in [1.82, 2.24) is 21.3 Å². The molecule has 2 aliphatic rings. The first-order chi connectivity index (χ1) is 19.1. The zero-order valence-corrected chi connectivity index (χ0v) is 25.0. The maximum Gasteiger partial charge on any atom is 0.331 e. The van der Waals surface area contributed by atoms with Gasteiger partial charge >= 0.3 is 24.0 Å². The third-order valence-electron chi connectivity index (χ3n) is 7.96. The van der Waals surface area contributed by atoms with E-state index in [0.717, 1.165) is 37.8 Å². The molecule has 2 atom stereocenters. The minimum atomic E-state index is -0.701. The van der Waals surface area contributed by atoms with Crippen molar-refractivity contribution in [3.8, 4) is 0 Å². The van der Waals surface area contributed by atoms with E-state index in [1.807, 2.05) is 27.7 Å². The molecule has 10 heteroatoms. The van der Waals surface area contributed by atoms with E-state index in [1.54, 1.807) is 0 Å². The lowest BCUT2D eigenvalue weighted by atomic mass is 9.89. The quantitative estimate of drug-likeness (QED) is 0.182. The molecule has 0 radical (unpaired) electrons. The molecule has 40 heavy (non-hydrogen) atoms. The van der Waals surface area contributed by atoms with Gasteiger partial charge in [-0.2, -0.15) is 0 Å². The second-order valence-electron chi connectivity index (χ2n) is 12.0. The number of rotatable bonds is 14. The summed E-state index contributed by atoms with van der Waals surface area (Å²) in [5, 5.41) is 11.6. The van der Waals surface area contributed by atoms with E-state index >= 15 is 0 Å². The molecule has 4 amide bonds. The molecule has 2 fully saturated rings. The summed E-state index contributed by atoms with van der Waals surface area (Å²) >= 11 is 0. The summed E-state index contributed by atoms with van der Waals surface area (Å²) in [5.74, 6) is -0.269. The van der Waals surface area contributed by atoms with Crippen LogP contribution in [0.1, 0.15) is 91.9 Å². The summed E-state index contributed by atoms with van der Waals surface area (Å²) in [6, 6.07) is -1.26. The molecule has 2 saturated carbocycles. The topological polar surface area (TPSA) is 135 Å². The molecule has 0 aliphatic heterocycles. The Bertz CT molecular complexity index is 753. The molecule has 10 nitrogen and oxygen atoms in total. The molecule has 0 aromatic rings. The third-order valence-corrected chi connectivity index (χ3v) is 7.96. The molecule has 0 aromatic heterocycles. The minimum Gasteiger partial charge on any atom is -0.460 e. The highest BCUT2D eigenvalue weighted by atomic mass is 16.5. The van der Waals surface area contributed by atoms with Gasteiger partial charge in [0, 0.05) is 25.2 Å². The number of ether oxygens (including phenoxy) is 2. The van der Waals surface area contributed by atoms with E-state index in [-0.39, 0.29) is 49.2 Å². The number of esters is 2. The fourth-order valence-corrected chi connectivity index (χ4v) is 5.07. The van der Waals surface area contributed by atoms with Crippen molar-refractivity contribution < 1.29 is 28.7 Å². The maximum absolute atomic E-state index is 12.3. The van der Waals surface area contributed by atoms with Crippen LogP contribution in [0.4, 0.5) is 9.59 Å². The Morgan fingerprint density at radius 3 is 1.30 bits per heavy atom. The van der Waals surface area contributed by atoms with Crippen LogP contribution in [0.15, 0.2) is 12.2 Å². The highest BCUT2D eigenvalue weighted by Gasteiger charge is 2.21. The van der Waals surface area contributed by atoms with Gasteiger partial charge in [-0.1, -0.05) is 66.2 Å². The van der Waals surface area contributed by atoms with Crippen LogP contribution in [0.2, 0.25) is 0 Å². The van der Waals surface area contributed by atoms with Crippen molar-refractivity contribution in [2.45, 2.75) is 104 Å². The normalized spacial score (nSPS) is 18.2. The minimum absolute atomic E-state index is 0.0119. The van der Waals surface area contributed by atoms with E-state index in [9.17, 15) is 19.2 Å². The van der Waals surface area contributed by atoms with Gasteiger partial charge in [-0.25, -0.2) is 19.2 Å². The predicted octanol–water partition coefficient (Wildman–Crippen LogP) is 4.44. The van der Waals surface area contributed by atoms with E-state index < -0.39 is 11.9 Å². The number of amides is 4. The molecule has 0 spiro atoms. The first-order valence-corrected chi connectivity index (χ1v) is 15.2. The van der Waals surface area contributed by atoms with Gasteiger partial charge in [0.05, 0.1) is 12.1 Å². The monoisotopic (exact) mass is 564 g/mol. The number of nitrogens with one attached hydrogen (secondary N) is 4. The van der Waals surface area contributed by atoms with Crippen LogP contribution in [-0.2, 0) is 19.1 Å². The molecule has 2 aliphatic carbocycles. The van der Waals surface area contributed by atoms with Gasteiger partial charge in [0.2, 0.25) is 0 Å². The Kier molecular flexibility index (Phi) is 15.5. The zero-order chi connectivity index (χ0) is 29.3. The Hall–Kier alpha value is -2.78. The smallest absolute Gasteiger partial charge is 0.331 e. The van der Waals surface area contributed by atoms with Gasteiger partial charge in [0.15, 0.2) is 0 Å². The molecule has 228 valence electrons. The second kappa shape index (κ2) is 18.5. The van der Waals surface area contributed by atoms with Crippen LogP contribution in [0.5, 0.6) is 0 Å². The van der Waals surface area contributed by atoms with Crippen LogP contribution in [0, 0.1) is 23.7 Å². The van der Waals surface area contributed by atoms with Gasteiger partial charge in [-0.3, -0.25) is 0 Å². The van der Waals surface area contributed by atoms with Crippen molar-refractivity contribution in [2.24, 2.45) is 23.7 Å². The maximum atomic E-state index is 12.3. The van der Waals surface area contributed by atoms with Crippen LogP contribution >= 0.6 is 0 Å². The SMILES string of the molecule is CC(C)[C@@H](COC(=O)/C=C/C(=O)OC[C@@H](NC(=O)NCC1CCCCC1)C(C)C)NC(=O)NCC1CCCCC1. The Labute approximate surface area is 240 Å². The van der Waals surface area contributed by atoms with Gasteiger partial charge in [-0.15, -0.1) is 0 Å². The summed E-state index contributed by atoms with van der Waals surface area (Å²) in [6.07, 6.45) is 14.0. The largest absolute Gasteiger partial charge is 0.460 e. The first-order valence-electron chi connectivity index (χ1n) is 15.2. The van der Waals surface area contributed by atoms with Crippen molar-refractivity contribution >= 4 is 24.0 Å². The number of carbonyl (C=O) groups excluding carboxylic acids is 4. The van der Waals surface area contributed by atoms with E-state index in [1.165, 1.54) is 38.5 Å². The molecule has 2 rings (SSSR count). The van der Waals surface area contributed by atoms with Gasteiger partial charge in [0.25, 0.3) is 0 Å². The molecule has 0 aromatic carbocycles. The van der Waals surface area contributed by atoms with E-state index in [2.05, 4.69) is 21.3 Å². The first kappa shape index (κ1) is 33.4. The average Bonchev–Trinajstić information content (AvgIpc) is 2.94. The van der Waals surface area contributed by atoms with Gasteiger partial charge < -0.3 is 30.7 Å². The molecule has 0 unspecified atom stereocenters. The van der Waals surface area contributed by atoms with Crippen LogP contribution in [0.25, 0.3) is 0 Å². The number of hydrogen-bond donors (Lipinski definition) is 4. The highest BCUT2D eigenvalue weighted by Crippen LogP contribution is 2.23. The number of urea groups is 2. The number of carbonyl (C=O) groups is 4. The van der Waals surface area contributed by atoms with Crippen molar-refractivity contribution in [2.75, 3.05) is 26.3 Å². The Balaban J connectivity index is 1.67. The Morgan fingerprint density at radius 1 is 0.625 bits per heavy atom.